The highest BCUT2D eigenvalue weighted by atomic mass is 32.1. The quantitative estimate of drug-likeness (QED) is 0.719. The van der Waals surface area contributed by atoms with Crippen molar-refractivity contribution in [2.75, 3.05) is 0 Å². The van der Waals surface area contributed by atoms with Crippen LogP contribution in [-0.2, 0) is 0 Å². The summed E-state index contributed by atoms with van der Waals surface area (Å²) in [5.74, 6) is -0.480. The summed E-state index contributed by atoms with van der Waals surface area (Å²) in [6.07, 6.45) is 3.37. The molecule has 5 heteroatoms. The lowest BCUT2D eigenvalue weighted by Gasteiger charge is -2.03. The minimum Gasteiger partial charge on any atom is -0.289 e. The van der Waals surface area contributed by atoms with Crippen molar-refractivity contribution in [1.29, 1.82) is 0 Å². The van der Waals surface area contributed by atoms with Gasteiger partial charge in [-0.05, 0) is 36.8 Å². The number of carbonyl (C=O) groups excluding carboxylic acids is 1. The molecule has 0 bridgehead atoms. The van der Waals surface area contributed by atoms with Crippen molar-refractivity contribution in [2.24, 2.45) is 0 Å². The summed E-state index contributed by atoms with van der Waals surface area (Å²) in [5, 5.41) is 0.805. The van der Waals surface area contributed by atoms with Gasteiger partial charge in [-0.2, -0.15) is 0 Å². The van der Waals surface area contributed by atoms with Crippen LogP contribution in [0.15, 0.2) is 48.8 Å². The molecule has 0 saturated carbocycles. The maximum atomic E-state index is 13.0. The van der Waals surface area contributed by atoms with Gasteiger partial charge in [0.2, 0.25) is 0 Å². The molecule has 0 atom stereocenters. The largest absolute Gasteiger partial charge is 0.289 e. The Labute approximate surface area is 119 Å². The minimum atomic E-state index is -0.298. The summed E-state index contributed by atoms with van der Waals surface area (Å²) < 4.78 is 14.5. The smallest absolute Gasteiger partial charge is 0.281 e. The van der Waals surface area contributed by atoms with Gasteiger partial charge in [0, 0.05) is 12.4 Å². The summed E-state index contributed by atoms with van der Waals surface area (Å²) in [7, 11) is 0. The van der Waals surface area contributed by atoms with E-state index in [9.17, 15) is 9.18 Å². The van der Waals surface area contributed by atoms with Crippen LogP contribution in [0.25, 0.3) is 10.4 Å². The molecule has 0 aliphatic heterocycles. The molecule has 0 amide bonds. The number of aromatic nitrogens is 2. The molecule has 3 rings (SSSR count). The summed E-state index contributed by atoms with van der Waals surface area (Å²) in [6.45, 7) is 1.85. The number of hydrogen-bond acceptors (Lipinski definition) is 3. The van der Waals surface area contributed by atoms with Crippen LogP contribution >= 0.6 is 11.3 Å². The monoisotopic (exact) mass is 286 g/mol. The molecule has 0 radical (unpaired) electrons. The van der Waals surface area contributed by atoms with Crippen LogP contribution in [0.2, 0.25) is 0 Å². The molecule has 0 saturated heterocycles. The van der Waals surface area contributed by atoms with E-state index in [0.29, 0.717) is 5.69 Å². The Hall–Kier alpha value is -2.27. The fraction of sp³-hybridized carbons (Fsp3) is 0.0667. The zero-order valence-electron chi connectivity index (χ0n) is 10.7. The number of hydrogen-bond donors (Lipinski definition) is 0. The van der Waals surface area contributed by atoms with Crippen LogP contribution in [0.4, 0.5) is 4.39 Å². The van der Waals surface area contributed by atoms with E-state index in [2.05, 4.69) is 4.98 Å². The van der Waals surface area contributed by atoms with Gasteiger partial charge in [-0.3, -0.25) is 9.36 Å². The molecule has 0 N–H and O–H groups in total. The van der Waals surface area contributed by atoms with Gasteiger partial charge in [0.05, 0.1) is 9.88 Å². The molecule has 2 aromatic heterocycles. The van der Waals surface area contributed by atoms with Crippen LogP contribution in [0.3, 0.4) is 0 Å². The highest BCUT2D eigenvalue weighted by molar-refractivity contribution is 7.15. The second kappa shape index (κ2) is 5.02. The first-order chi connectivity index (χ1) is 9.65. The molecule has 0 aliphatic carbocycles. The van der Waals surface area contributed by atoms with Crippen molar-refractivity contribution in [2.45, 2.75) is 6.92 Å². The van der Waals surface area contributed by atoms with E-state index >= 15 is 0 Å². The molecule has 0 fully saturated rings. The van der Waals surface area contributed by atoms with Crippen molar-refractivity contribution in [1.82, 2.24) is 9.55 Å². The van der Waals surface area contributed by atoms with E-state index in [1.807, 2.05) is 6.92 Å². The first-order valence-corrected chi connectivity index (χ1v) is 6.88. The Morgan fingerprint density at radius 1 is 1.20 bits per heavy atom. The Morgan fingerprint density at radius 3 is 2.50 bits per heavy atom. The number of aryl methyl sites for hydroxylation is 1. The molecule has 3 nitrogen and oxygen atoms in total. The maximum absolute atomic E-state index is 13.0. The van der Waals surface area contributed by atoms with Crippen LogP contribution in [-0.4, -0.2) is 15.5 Å². The van der Waals surface area contributed by atoms with E-state index < -0.39 is 0 Å². The molecule has 100 valence electrons. The van der Waals surface area contributed by atoms with Crippen LogP contribution < -0.4 is 0 Å². The SMILES string of the molecule is Cc1nc(C(=O)n2cccc2)c(-c2ccc(F)cc2)s1. The third-order valence-electron chi connectivity index (χ3n) is 2.88. The molecule has 0 aliphatic rings. The Morgan fingerprint density at radius 2 is 1.85 bits per heavy atom. The zero-order chi connectivity index (χ0) is 14.1. The van der Waals surface area contributed by atoms with Crippen molar-refractivity contribution in [3.8, 4) is 10.4 Å². The number of halogens is 1. The average Bonchev–Trinajstić information content (AvgIpc) is 3.08. The van der Waals surface area contributed by atoms with Crippen molar-refractivity contribution < 1.29 is 9.18 Å². The molecule has 3 aromatic rings. The van der Waals surface area contributed by atoms with Gasteiger partial charge in [-0.15, -0.1) is 11.3 Å². The van der Waals surface area contributed by atoms with E-state index in [0.717, 1.165) is 15.4 Å². The highest BCUT2D eigenvalue weighted by Gasteiger charge is 2.19. The third kappa shape index (κ3) is 2.28. The van der Waals surface area contributed by atoms with Crippen LogP contribution in [0.1, 0.15) is 15.5 Å². The zero-order valence-corrected chi connectivity index (χ0v) is 11.5. The van der Waals surface area contributed by atoms with Crippen LogP contribution in [0, 0.1) is 12.7 Å². The first kappa shape index (κ1) is 12.7. The standard InChI is InChI=1S/C15H11FN2OS/c1-10-17-13(15(19)18-8-2-3-9-18)14(20-10)11-4-6-12(16)7-5-11/h2-9H,1H3. The van der Waals surface area contributed by atoms with Gasteiger partial charge in [0.25, 0.3) is 5.91 Å². The lowest BCUT2D eigenvalue weighted by Crippen LogP contribution is -2.11. The number of rotatable bonds is 2. The van der Waals surface area contributed by atoms with Gasteiger partial charge in [-0.1, -0.05) is 12.1 Å². The van der Waals surface area contributed by atoms with Crippen molar-refractivity contribution in [3.05, 3.63) is 65.3 Å². The van der Waals surface area contributed by atoms with E-state index in [1.54, 1.807) is 36.7 Å². The van der Waals surface area contributed by atoms with E-state index in [4.69, 9.17) is 0 Å². The van der Waals surface area contributed by atoms with Gasteiger partial charge < -0.3 is 0 Å². The normalized spacial score (nSPS) is 10.7. The van der Waals surface area contributed by atoms with Gasteiger partial charge in [0.1, 0.15) is 11.5 Å². The van der Waals surface area contributed by atoms with Crippen molar-refractivity contribution in [3.63, 3.8) is 0 Å². The Balaban J connectivity index is 2.09. The second-order valence-corrected chi connectivity index (χ2v) is 5.52. The molecule has 1 aromatic carbocycles. The molecule has 20 heavy (non-hydrogen) atoms. The summed E-state index contributed by atoms with van der Waals surface area (Å²) in [5.41, 5.74) is 1.20. The average molecular weight is 286 g/mol. The number of benzene rings is 1. The van der Waals surface area contributed by atoms with Crippen LogP contribution in [0.5, 0.6) is 0 Å². The topological polar surface area (TPSA) is 34.9 Å². The maximum Gasteiger partial charge on any atom is 0.281 e. The predicted octanol–water partition coefficient (Wildman–Crippen LogP) is 3.75. The van der Waals surface area contributed by atoms with Crippen molar-refractivity contribution >= 4 is 17.2 Å². The number of thiazole rings is 1. The molecule has 0 unspecified atom stereocenters. The third-order valence-corrected chi connectivity index (χ3v) is 3.90. The first-order valence-electron chi connectivity index (χ1n) is 6.06. The van der Waals surface area contributed by atoms with E-state index in [1.165, 1.54) is 28.0 Å². The molecule has 0 spiro atoms. The minimum absolute atomic E-state index is 0.182. The van der Waals surface area contributed by atoms with E-state index in [-0.39, 0.29) is 11.7 Å². The number of nitrogens with zero attached hydrogens (tertiary/aromatic N) is 2. The summed E-state index contributed by atoms with van der Waals surface area (Å²) >= 11 is 1.43. The Kier molecular flexibility index (Phi) is 3.20. The van der Waals surface area contributed by atoms with Gasteiger partial charge in [0.15, 0.2) is 0 Å². The van der Waals surface area contributed by atoms with Gasteiger partial charge in [-0.25, -0.2) is 9.37 Å². The fourth-order valence-corrected chi connectivity index (χ4v) is 2.88. The Bertz CT molecular complexity index is 745. The lowest BCUT2D eigenvalue weighted by atomic mass is 10.1. The second-order valence-electron chi connectivity index (χ2n) is 4.31. The summed E-state index contributed by atoms with van der Waals surface area (Å²) in [4.78, 5) is 17.5. The molecular weight excluding hydrogens is 275 g/mol. The molecular formula is C15H11FN2OS. The van der Waals surface area contributed by atoms with Gasteiger partial charge >= 0.3 is 0 Å². The highest BCUT2D eigenvalue weighted by Crippen LogP contribution is 2.30. The molecule has 2 heterocycles. The number of carbonyl (C=O) groups is 1. The fourth-order valence-electron chi connectivity index (χ4n) is 1.96. The summed E-state index contributed by atoms with van der Waals surface area (Å²) in [6, 6.07) is 9.66. The lowest BCUT2D eigenvalue weighted by molar-refractivity contribution is 0.0956. The predicted molar refractivity (Wildman–Crippen MR) is 76.4 cm³/mol.